The molecule has 3 unspecified atom stereocenters. The number of hydrogen-bond donors (Lipinski definition) is 2. The second-order valence-electron chi connectivity index (χ2n) is 8.78. The number of aliphatic hydroxyl groups excluding tert-OH is 1. The summed E-state index contributed by atoms with van der Waals surface area (Å²) in [7, 11) is 0. The van der Waals surface area contributed by atoms with Crippen molar-refractivity contribution >= 4 is 5.91 Å². The van der Waals surface area contributed by atoms with Crippen LogP contribution in [0, 0.1) is 23.7 Å². The minimum atomic E-state index is 0.0218. The van der Waals surface area contributed by atoms with Crippen molar-refractivity contribution in [3.63, 3.8) is 0 Å². The maximum absolute atomic E-state index is 11.6. The Morgan fingerprint density at radius 3 is 1.64 bits per heavy atom. The summed E-state index contributed by atoms with van der Waals surface area (Å²) in [5, 5.41) is 11.4. The van der Waals surface area contributed by atoms with Gasteiger partial charge >= 0.3 is 0 Å². The van der Waals surface area contributed by atoms with E-state index in [1.165, 1.54) is 51.4 Å². The molecule has 0 aliphatic rings. The van der Waals surface area contributed by atoms with Crippen molar-refractivity contribution in [2.24, 2.45) is 23.7 Å². The van der Waals surface area contributed by atoms with Crippen LogP contribution in [0.15, 0.2) is 0 Å². The first-order valence-corrected chi connectivity index (χ1v) is 10.7. The number of aliphatic hydroxyl groups is 1. The molecule has 25 heavy (non-hydrogen) atoms. The number of amides is 1. The van der Waals surface area contributed by atoms with Crippen LogP contribution in [0.2, 0.25) is 0 Å². The number of carbonyl (C=O) groups is 1. The smallest absolute Gasteiger partial charge is 0.220 e. The first kappa shape index (κ1) is 24.4. The van der Waals surface area contributed by atoms with Crippen LogP contribution in [0.5, 0.6) is 0 Å². The third kappa shape index (κ3) is 16.6. The highest BCUT2D eigenvalue weighted by Gasteiger charge is 2.10. The summed E-state index contributed by atoms with van der Waals surface area (Å²) in [5.74, 6) is 3.03. The Morgan fingerprint density at radius 1 is 0.760 bits per heavy atom. The van der Waals surface area contributed by atoms with Gasteiger partial charge in [-0.3, -0.25) is 4.79 Å². The van der Waals surface area contributed by atoms with Gasteiger partial charge in [-0.05, 0) is 23.7 Å². The third-order valence-corrected chi connectivity index (χ3v) is 5.23. The highest BCUT2D eigenvalue weighted by molar-refractivity contribution is 5.76. The molecule has 0 aliphatic heterocycles. The highest BCUT2D eigenvalue weighted by Crippen LogP contribution is 2.22. The van der Waals surface area contributed by atoms with Gasteiger partial charge in [-0.25, -0.2) is 0 Å². The van der Waals surface area contributed by atoms with Crippen molar-refractivity contribution in [2.75, 3.05) is 13.2 Å². The van der Waals surface area contributed by atoms with E-state index in [9.17, 15) is 4.79 Å². The molecule has 0 rings (SSSR count). The molecule has 3 heteroatoms. The van der Waals surface area contributed by atoms with Gasteiger partial charge in [0.1, 0.15) is 0 Å². The Labute approximate surface area is 157 Å². The lowest BCUT2D eigenvalue weighted by atomic mass is 9.90. The fraction of sp³-hybridized carbons (Fsp3) is 0.955. The Kier molecular flexibility index (Phi) is 15.3. The number of nitrogens with one attached hydrogen (secondary N) is 1. The lowest BCUT2D eigenvalue weighted by molar-refractivity contribution is -0.122. The zero-order valence-electron chi connectivity index (χ0n) is 17.7. The van der Waals surface area contributed by atoms with Gasteiger partial charge in [-0.2, -0.15) is 0 Å². The predicted molar refractivity (Wildman–Crippen MR) is 109 cm³/mol. The second kappa shape index (κ2) is 15.7. The minimum absolute atomic E-state index is 0.0218. The van der Waals surface area contributed by atoms with Crippen LogP contribution in [0.3, 0.4) is 0 Å². The van der Waals surface area contributed by atoms with E-state index in [4.69, 9.17) is 5.11 Å². The molecule has 0 fully saturated rings. The van der Waals surface area contributed by atoms with Gasteiger partial charge in [0.2, 0.25) is 5.91 Å². The van der Waals surface area contributed by atoms with Crippen molar-refractivity contribution in [3.05, 3.63) is 0 Å². The SMILES string of the molecule is CC(C)CCCC(C)CCCC(C)CCCC(C)CC(=O)NCCO. The van der Waals surface area contributed by atoms with Crippen molar-refractivity contribution in [1.29, 1.82) is 0 Å². The second-order valence-corrected chi connectivity index (χ2v) is 8.78. The van der Waals surface area contributed by atoms with Crippen LogP contribution in [0.1, 0.15) is 98.8 Å². The van der Waals surface area contributed by atoms with Crippen molar-refractivity contribution < 1.29 is 9.90 Å². The molecule has 0 bridgehead atoms. The lowest BCUT2D eigenvalue weighted by Gasteiger charge is -2.16. The zero-order chi connectivity index (χ0) is 19.1. The molecule has 3 atom stereocenters. The van der Waals surface area contributed by atoms with E-state index < -0.39 is 0 Å². The van der Waals surface area contributed by atoms with Gasteiger partial charge in [0, 0.05) is 13.0 Å². The Hall–Kier alpha value is -0.570. The van der Waals surface area contributed by atoms with E-state index in [1.54, 1.807) is 0 Å². The maximum Gasteiger partial charge on any atom is 0.220 e. The van der Waals surface area contributed by atoms with Gasteiger partial charge in [0.05, 0.1) is 6.61 Å². The van der Waals surface area contributed by atoms with Crippen LogP contribution < -0.4 is 5.32 Å². The van der Waals surface area contributed by atoms with Crippen LogP contribution in [-0.4, -0.2) is 24.2 Å². The molecule has 0 aromatic rings. The number of hydrogen-bond acceptors (Lipinski definition) is 2. The molecule has 1 amide bonds. The topological polar surface area (TPSA) is 49.3 Å². The van der Waals surface area contributed by atoms with E-state index in [0.717, 1.165) is 24.2 Å². The molecule has 3 nitrogen and oxygen atoms in total. The summed E-state index contributed by atoms with van der Waals surface area (Å²) in [4.78, 5) is 11.6. The summed E-state index contributed by atoms with van der Waals surface area (Å²) in [6.07, 6.45) is 12.5. The molecule has 150 valence electrons. The minimum Gasteiger partial charge on any atom is -0.395 e. The molecule has 0 saturated carbocycles. The standard InChI is InChI=1S/C22H45NO2/c1-18(2)9-6-10-19(3)11-7-12-20(4)13-8-14-21(5)17-22(25)23-15-16-24/h18-21,24H,6-17H2,1-5H3,(H,23,25). The van der Waals surface area contributed by atoms with Crippen molar-refractivity contribution in [3.8, 4) is 0 Å². The fourth-order valence-corrected chi connectivity index (χ4v) is 3.48. The van der Waals surface area contributed by atoms with Crippen molar-refractivity contribution in [2.45, 2.75) is 98.8 Å². The normalized spacial score (nSPS) is 15.2. The van der Waals surface area contributed by atoms with E-state index in [-0.39, 0.29) is 12.5 Å². The fourth-order valence-electron chi connectivity index (χ4n) is 3.48. The summed E-state index contributed by atoms with van der Waals surface area (Å²) in [6, 6.07) is 0. The van der Waals surface area contributed by atoms with Crippen molar-refractivity contribution in [1.82, 2.24) is 5.32 Å². The summed E-state index contributed by atoms with van der Waals surface area (Å²) in [6.45, 7) is 12.0. The monoisotopic (exact) mass is 355 g/mol. The van der Waals surface area contributed by atoms with Crippen LogP contribution in [0.25, 0.3) is 0 Å². The van der Waals surface area contributed by atoms with Crippen LogP contribution in [0.4, 0.5) is 0 Å². The molecule has 0 aliphatic carbocycles. The van der Waals surface area contributed by atoms with E-state index in [2.05, 4.69) is 39.9 Å². The van der Waals surface area contributed by atoms with Gasteiger partial charge in [-0.1, -0.05) is 92.4 Å². The molecular formula is C22H45NO2. The molecule has 0 spiro atoms. The molecular weight excluding hydrogens is 310 g/mol. The molecule has 0 saturated heterocycles. The van der Waals surface area contributed by atoms with Gasteiger partial charge in [-0.15, -0.1) is 0 Å². The first-order chi connectivity index (χ1) is 11.8. The van der Waals surface area contributed by atoms with Gasteiger partial charge in [0.15, 0.2) is 0 Å². The number of rotatable bonds is 16. The predicted octanol–water partition coefficient (Wildman–Crippen LogP) is 5.56. The average Bonchev–Trinajstić information content (AvgIpc) is 2.52. The van der Waals surface area contributed by atoms with Gasteiger partial charge < -0.3 is 10.4 Å². The molecule has 2 N–H and O–H groups in total. The average molecular weight is 356 g/mol. The molecule has 0 radical (unpaired) electrons. The first-order valence-electron chi connectivity index (χ1n) is 10.7. The molecule has 0 aromatic carbocycles. The van der Waals surface area contributed by atoms with E-state index in [0.29, 0.717) is 18.9 Å². The summed E-state index contributed by atoms with van der Waals surface area (Å²) < 4.78 is 0. The highest BCUT2D eigenvalue weighted by atomic mass is 16.3. The Bertz CT molecular complexity index is 317. The zero-order valence-corrected chi connectivity index (χ0v) is 17.7. The van der Waals surface area contributed by atoms with E-state index in [1.807, 2.05) is 0 Å². The Balaban J connectivity index is 3.60. The summed E-state index contributed by atoms with van der Waals surface area (Å²) in [5.41, 5.74) is 0. The summed E-state index contributed by atoms with van der Waals surface area (Å²) >= 11 is 0. The quantitative estimate of drug-likeness (QED) is 0.381. The lowest BCUT2D eigenvalue weighted by Crippen LogP contribution is -2.27. The van der Waals surface area contributed by atoms with Gasteiger partial charge in [0.25, 0.3) is 0 Å². The molecule has 0 aromatic heterocycles. The number of carbonyl (C=O) groups excluding carboxylic acids is 1. The molecule has 0 heterocycles. The Morgan fingerprint density at radius 2 is 1.20 bits per heavy atom. The van der Waals surface area contributed by atoms with E-state index >= 15 is 0 Å². The maximum atomic E-state index is 11.6. The van der Waals surface area contributed by atoms with Crippen LogP contribution >= 0.6 is 0 Å². The third-order valence-electron chi connectivity index (χ3n) is 5.23. The largest absolute Gasteiger partial charge is 0.395 e. The van der Waals surface area contributed by atoms with Crippen LogP contribution in [-0.2, 0) is 4.79 Å².